The maximum absolute atomic E-state index is 14.2. The molecule has 1 N–H and O–H groups in total. The number of aryl methyl sites for hydroxylation is 1. The van der Waals surface area contributed by atoms with Gasteiger partial charge in [0, 0.05) is 16.1 Å². The molecule has 0 aliphatic heterocycles. The average Bonchev–Trinajstić information content (AvgIpc) is 2.44. The minimum Gasteiger partial charge on any atom is -0.313 e. The van der Waals surface area contributed by atoms with E-state index in [0.29, 0.717) is 16.5 Å². The average molecular weight is 358 g/mol. The molecule has 1 nitrogen and oxygen atoms in total. The summed E-state index contributed by atoms with van der Waals surface area (Å²) in [6.45, 7) is 1.60. The van der Waals surface area contributed by atoms with E-state index in [-0.39, 0.29) is 11.4 Å². The Labute approximate surface area is 130 Å². The predicted molar refractivity (Wildman–Crippen MR) is 80.7 cm³/mol. The number of nitrogens with one attached hydrogen (secondary N) is 1. The largest absolute Gasteiger partial charge is 0.313 e. The molecule has 0 saturated carbocycles. The van der Waals surface area contributed by atoms with Crippen molar-refractivity contribution in [3.8, 4) is 0 Å². The van der Waals surface area contributed by atoms with Crippen LogP contribution in [0, 0.1) is 24.4 Å². The van der Waals surface area contributed by atoms with Crippen LogP contribution in [-0.2, 0) is 6.42 Å². The van der Waals surface area contributed by atoms with Crippen molar-refractivity contribution < 1.29 is 13.2 Å². The van der Waals surface area contributed by atoms with Crippen LogP contribution in [0.15, 0.2) is 34.8 Å². The summed E-state index contributed by atoms with van der Waals surface area (Å²) in [6.07, 6.45) is 0.342. The third-order valence-corrected chi connectivity index (χ3v) is 4.19. The molecule has 0 bridgehead atoms. The second kappa shape index (κ2) is 6.62. The molecule has 0 heterocycles. The van der Waals surface area contributed by atoms with Crippen molar-refractivity contribution in [2.75, 3.05) is 7.05 Å². The molecule has 1 atom stereocenters. The zero-order valence-electron chi connectivity index (χ0n) is 11.7. The molecule has 0 radical (unpaired) electrons. The third kappa shape index (κ3) is 3.47. The molecule has 0 aliphatic rings. The molecule has 2 rings (SSSR count). The minimum atomic E-state index is -0.587. The third-order valence-electron chi connectivity index (χ3n) is 3.46. The van der Waals surface area contributed by atoms with Crippen LogP contribution in [0.25, 0.3) is 0 Å². The Hall–Kier alpha value is -1.33. The van der Waals surface area contributed by atoms with E-state index in [9.17, 15) is 13.2 Å². The fourth-order valence-corrected chi connectivity index (χ4v) is 2.77. The van der Waals surface area contributed by atoms with Crippen LogP contribution in [0.2, 0.25) is 0 Å². The summed E-state index contributed by atoms with van der Waals surface area (Å²) in [5.41, 5.74) is 1.18. The molecule has 2 aromatic rings. The number of halogens is 4. The van der Waals surface area contributed by atoms with E-state index in [0.717, 1.165) is 5.56 Å². The highest BCUT2D eigenvalue weighted by molar-refractivity contribution is 9.10. The maximum atomic E-state index is 14.2. The maximum Gasteiger partial charge on any atom is 0.133 e. The molecule has 21 heavy (non-hydrogen) atoms. The molecule has 112 valence electrons. The first-order chi connectivity index (χ1) is 9.93. The fraction of sp³-hybridized carbons (Fsp3) is 0.250. The van der Waals surface area contributed by atoms with Gasteiger partial charge in [-0.25, -0.2) is 13.2 Å². The van der Waals surface area contributed by atoms with Gasteiger partial charge in [-0.2, -0.15) is 0 Å². The van der Waals surface area contributed by atoms with Gasteiger partial charge in [-0.05, 0) is 49.7 Å². The van der Waals surface area contributed by atoms with E-state index in [2.05, 4.69) is 21.2 Å². The first-order valence-corrected chi connectivity index (χ1v) is 7.29. The molecule has 0 spiro atoms. The Balaban J connectivity index is 2.39. The van der Waals surface area contributed by atoms with E-state index < -0.39 is 17.7 Å². The number of benzene rings is 2. The van der Waals surface area contributed by atoms with Crippen LogP contribution in [0.1, 0.15) is 22.7 Å². The Morgan fingerprint density at radius 1 is 1.14 bits per heavy atom. The van der Waals surface area contributed by atoms with Gasteiger partial charge in [-0.1, -0.05) is 28.1 Å². The zero-order chi connectivity index (χ0) is 15.6. The predicted octanol–water partition coefficient (Wildman–Crippen LogP) is 4.68. The summed E-state index contributed by atoms with van der Waals surface area (Å²) in [7, 11) is 1.64. The minimum absolute atomic E-state index is 0.00808. The van der Waals surface area contributed by atoms with Gasteiger partial charge >= 0.3 is 0 Å². The molecule has 0 saturated heterocycles. The van der Waals surface area contributed by atoms with E-state index in [4.69, 9.17) is 0 Å². The quantitative estimate of drug-likeness (QED) is 0.837. The summed E-state index contributed by atoms with van der Waals surface area (Å²) in [6, 6.07) is 6.41. The highest BCUT2D eigenvalue weighted by atomic mass is 79.9. The van der Waals surface area contributed by atoms with E-state index >= 15 is 0 Å². The Kier molecular flexibility index (Phi) is 5.06. The second-order valence-electron chi connectivity index (χ2n) is 4.87. The van der Waals surface area contributed by atoms with Gasteiger partial charge in [0.25, 0.3) is 0 Å². The van der Waals surface area contributed by atoms with E-state index in [1.165, 1.54) is 24.3 Å². The Morgan fingerprint density at radius 3 is 2.48 bits per heavy atom. The summed E-state index contributed by atoms with van der Waals surface area (Å²) < 4.78 is 41.9. The highest BCUT2D eigenvalue weighted by Crippen LogP contribution is 2.28. The van der Waals surface area contributed by atoms with Crippen LogP contribution in [0.4, 0.5) is 13.2 Å². The molecular weight excluding hydrogens is 343 g/mol. The van der Waals surface area contributed by atoms with Crippen molar-refractivity contribution in [1.82, 2.24) is 5.32 Å². The van der Waals surface area contributed by atoms with Crippen LogP contribution < -0.4 is 5.32 Å². The van der Waals surface area contributed by atoms with E-state index in [1.54, 1.807) is 20.0 Å². The molecule has 1 unspecified atom stereocenters. The van der Waals surface area contributed by atoms with Crippen molar-refractivity contribution in [1.29, 1.82) is 0 Å². The first kappa shape index (κ1) is 16.0. The molecule has 0 amide bonds. The van der Waals surface area contributed by atoms with Crippen molar-refractivity contribution in [3.05, 3.63) is 68.9 Å². The monoisotopic (exact) mass is 357 g/mol. The zero-order valence-corrected chi connectivity index (χ0v) is 13.3. The molecule has 5 heteroatoms. The lowest BCUT2D eigenvalue weighted by molar-refractivity contribution is 0.485. The number of hydrogen-bond acceptors (Lipinski definition) is 1. The van der Waals surface area contributed by atoms with Crippen molar-refractivity contribution >= 4 is 15.9 Å². The van der Waals surface area contributed by atoms with Gasteiger partial charge in [0.05, 0.1) is 0 Å². The summed E-state index contributed by atoms with van der Waals surface area (Å²) in [5.74, 6) is -1.50. The topological polar surface area (TPSA) is 12.0 Å². The number of likely N-dealkylation sites (N-methyl/N-ethyl adjacent to an activating group) is 1. The SMILES string of the molecule is CNC(Cc1ccc(F)cc1Br)c1c(F)ccc(C)c1F. The van der Waals surface area contributed by atoms with Gasteiger partial charge < -0.3 is 5.32 Å². The molecule has 0 aliphatic carbocycles. The lowest BCUT2D eigenvalue weighted by Gasteiger charge is -2.20. The van der Waals surface area contributed by atoms with Crippen LogP contribution in [0.3, 0.4) is 0 Å². The Morgan fingerprint density at radius 2 is 1.86 bits per heavy atom. The second-order valence-corrected chi connectivity index (χ2v) is 5.73. The number of rotatable bonds is 4. The van der Waals surface area contributed by atoms with Gasteiger partial charge in [-0.15, -0.1) is 0 Å². The lowest BCUT2D eigenvalue weighted by atomic mass is 9.96. The standard InChI is InChI=1S/C16H15BrF3N/c1-9-3-6-13(19)15(16(9)20)14(21-2)7-10-4-5-11(18)8-12(10)17/h3-6,8,14,21H,7H2,1-2H3. The van der Waals surface area contributed by atoms with Gasteiger partial charge in [0.15, 0.2) is 0 Å². The number of hydrogen-bond donors (Lipinski definition) is 1. The first-order valence-electron chi connectivity index (χ1n) is 6.49. The van der Waals surface area contributed by atoms with Gasteiger partial charge in [0.2, 0.25) is 0 Å². The summed E-state index contributed by atoms with van der Waals surface area (Å²) in [5, 5.41) is 2.92. The van der Waals surface area contributed by atoms with Crippen molar-refractivity contribution in [3.63, 3.8) is 0 Å². The smallest absolute Gasteiger partial charge is 0.133 e. The molecular formula is C16H15BrF3N. The normalized spacial score (nSPS) is 12.5. The van der Waals surface area contributed by atoms with Crippen LogP contribution in [0.5, 0.6) is 0 Å². The fourth-order valence-electron chi connectivity index (χ4n) is 2.25. The van der Waals surface area contributed by atoms with Crippen LogP contribution >= 0.6 is 15.9 Å². The van der Waals surface area contributed by atoms with Gasteiger partial charge in [0.1, 0.15) is 17.5 Å². The van der Waals surface area contributed by atoms with Crippen molar-refractivity contribution in [2.45, 2.75) is 19.4 Å². The molecule has 0 aromatic heterocycles. The van der Waals surface area contributed by atoms with Crippen molar-refractivity contribution in [2.24, 2.45) is 0 Å². The molecule has 2 aromatic carbocycles. The summed E-state index contributed by atoms with van der Waals surface area (Å²) >= 11 is 3.27. The highest BCUT2D eigenvalue weighted by Gasteiger charge is 2.21. The lowest BCUT2D eigenvalue weighted by Crippen LogP contribution is -2.22. The van der Waals surface area contributed by atoms with Crippen LogP contribution in [-0.4, -0.2) is 7.05 Å². The van der Waals surface area contributed by atoms with E-state index in [1.807, 2.05) is 0 Å². The summed E-state index contributed by atoms with van der Waals surface area (Å²) in [4.78, 5) is 0. The Bertz CT molecular complexity index is 658. The van der Waals surface area contributed by atoms with Gasteiger partial charge in [-0.3, -0.25) is 0 Å². The molecule has 0 fully saturated rings.